The van der Waals surface area contributed by atoms with Crippen molar-refractivity contribution in [1.29, 1.82) is 0 Å². The maximum absolute atomic E-state index is 14.1. The summed E-state index contributed by atoms with van der Waals surface area (Å²) in [6.07, 6.45) is -1.02. The van der Waals surface area contributed by atoms with Gasteiger partial charge in [0.2, 0.25) is 0 Å². The first kappa shape index (κ1) is 29.2. The van der Waals surface area contributed by atoms with Crippen molar-refractivity contribution in [2.24, 2.45) is 10.9 Å². The van der Waals surface area contributed by atoms with Crippen LogP contribution in [0.5, 0.6) is 0 Å². The number of aliphatic imine (C=N–C) groups is 1. The van der Waals surface area contributed by atoms with Crippen molar-refractivity contribution in [1.82, 2.24) is 14.9 Å². The molecule has 0 bridgehead atoms. The van der Waals surface area contributed by atoms with E-state index in [1.807, 2.05) is 19.9 Å². The van der Waals surface area contributed by atoms with E-state index in [9.17, 15) is 27.6 Å². The lowest BCUT2D eigenvalue weighted by atomic mass is 9.97. The van der Waals surface area contributed by atoms with Crippen LogP contribution in [0.1, 0.15) is 42.3 Å². The van der Waals surface area contributed by atoms with Gasteiger partial charge in [0.1, 0.15) is 17.3 Å². The molecule has 1 aromatic heterocycles. The number of amidine groups is 1. The Labute approximate surface area is 233 Å². The van der Waals surface area contributed by atoms with Gasteiger partial charge in [0.25, 0.3) is 5.91 Å². The van der Waals surface area contributed by atoms with Crippen molar-refractivity contribution >= 4 is 34.5 Å². The van der Waals surface area contributed by atoms with Crippen molar-refractivity contribution in [2.45, 2.75) is 46.5 Å². The molecule has 0 unspecified atom stereocenters. The quantitative estimate of drug-likeness (QED) is 0.107. The Morgan fingerprint density at radius 1 is 1.30 bits per heavy atom. The summed E-state index contributed by atoms with van der Waals surface area (Å²) in [7, 11) is 0. The van der Waals surface area contributed by atoms with Crippen LogP contribution in [0.25, 0.3) is 0 Å². The minimum absolute atomic E-state index is 0.161. The fraction of sp³-hybridized carbons (Fsp3) is 0.321. The summed E-state index contributed by atoms with van der Waals surface area (Å²) >= 11 is 1.40. The molecule has 7 nitrogen and oxygen atoms in total. The molecule has 0 atom stereocenters. The molecule has 4 rings (SSSR count). The van der Waals surface area contributed by atoms with Gasteiger partial charge in [-0.15, -0.1) is 11.3 Å². The second-order valence-corrected chi connectivity index (χ2v) is 10.5. The number of halogens is 4. The number of carbonyl (C=O) groups excluding carboxylic acids is 1. The summed E-state index contributed by atoms with van der Waals surface area (Å²) in [5, 5.41) is 14.7. The molecule has 0 radical (unpaired) electrons. The molecule has 0 saturated heterocycles. The predicted octanol–water partition coefficient (Wildman–Crippen LogP) is 6.78. The molecular formula is C28H29F4N5O2S. The zero-order valence-corrected chi connectivity index (χ0v) is 23.0. The summed E-state index contributed by atoms with van der Waals surface area (Å²) in [5.74, 6) is -1.46. The minimum Gasteiger partial charge on any atom is -0.355 e. The minimum atomic E-state index is -4.77. The second kappa shape index (κ2) is 12.2. The number of thiazole rings is 1. The molecule has 0 saturated carbocycles. The van der Waals surface area contributed by atoms with Crippen molar-refractivity contribution in [2.75, 3.05) is 11.9 Å². The van der Waals surface area contributed by atoms with Crippen LogP contribution in [-0.2, 0) is 30.5 Å². The van der Waals surface area contributed by atoms with Crippen LogP contribution >= 0.6 is 11.3 Å². The number of carbonyl (C=O) groups is 1. The molecule has 2 aromatic carbocycles. The molecule has 2 N–H and O–H groups in total. The summed E-state index contributed by atoms with van der Waals surface area (Å²) in [6, 6.07) is 8.12. The first-order valence-corrected chi connectivity index (χ1v) is 13.5. The van der Waals surface area contributed by atoms with Gasteiger partial charge in [-0.2, -0.15) is 13.2 Å². The highest BCUT2D eigenvalue weighted by molar-refractivity contribution is 7.09. The van der Waals surface area contributed by atoms with Crippen molar-refractivity contribution in [3.05, 3.63) is 87.3 Å². The van der Waals surface area contributed by atoms with Gasteiger partial charge in [0, 0.05) is 41.5 Å². The maximum atomic E-state index is 14.1. The smallest absolute Gasteiger partial charge is 0.355 e. The van der Waals surface area contributed by atoms with Gasteiger partial charge in [-0.25, -0.2) is 14.4 Å². The Hall–Kier alpha value is -3.77. The maximum Gasteiger partial charge on any atom is 0.419 e. The molecule has 212 valence electrons. The molecule has 0 spiro atoms. The highest BCUT2D eigenvalue weighted by Crippen LogP contribution is 2.34. The van der Waals surface area contributed by atoms with E-state index in [4.69, 9.17) is 0 Å². The Kier molecular flexibility index (Phi) is 8.89. The number of nitrogens with zero attached hydrogens (tertiary/aromatic N) is 4. The number of nitrogens with one attached hydrogen (secondary N) is 1. The zero-order valence-electron chi connectivity index (χ0n) is 22.2. The van der Waals surface area contributed by atoms with E-state index in [-0.39, 0.29) is 29.8 Å². The van der Waals surface area contributed by atoms with Gasteiger partial charge in [-0.05, 0) is 48.7 Å². The lowest BCUT2D eigenvalue weighted by Gasteiger charge is -2.31. The molecule has 1 aliphatic rings. The Morgan fingerprint density at radius 3 is 2.70 bits per heavy atom. The molecule has 12 heteroatoms. The van der Waals surface area contributed by atoms with Crippen LogP contribution < -0.4 is 5.32 Å². The van der Waals surface area contributed by atoms with Crippen molar-refractivity contribution in [3.63, 3.8) is 0 Å². The van der Waals surface area contributed by atoms with E-state index in [0.29, 0.717) is 37.1 Å². The number of benzene rings is 2. The number of hydroxylamine groups is 2. The van der Waals surface area contributed by atoms with Gasteiger partial charge in [-0.1, -0.05) is 32.1 Å². The number of hydrogen-bond donors (Lipinski definition) is 2. The van der Waals surface area contributed by atoms with E-state index >= 15 is 0 Å². The zero-order chi connectivity index (χ0) is 29.0. The first-order chi connectivity index (χ1) is 19.0. The highest BCUT2D eigenvalue weighted by Gasteiger charge is 2.34. The van der Waals surface area contributed by atoms with Crippen molar-refractivity contribution in [3.8, 4) is 0 Å². The van der Waals surface area contributed by atoms with Gasteiger partial charge in [-0.3, -0.25) is 15.0 Å². The number of amides is 1. The van der Waals surface area contributed by atoms with E-state index in [1.165, 1.54) is 17.4 Å². The summed E-state index contributed by atoms with van der Waals surface area (Å²) in [5.41, 5.74) is 3.13. The average Bonchev–Trinajstić information content (AvgIpc) is 3.41. The van der Waals surface area contributed by atoms with Gasteiger partial charge in [0.05, 0.1) is 17.6 Å². The molecule has 3 aromatic rings. The van der Waals surface area contributed by atoms with Crippen molar-refractivity contribution < 1.29 is 27.6 Å². The van der Waals surface area contributed by atoms with Crippen LogP contribution in [0.3, 0.4) is 0 Å². The fourth-order valence-corrected chi connectivity index (χ4v) is 5.01. The Balaban J connectivity index is 1.50. The third kappa shape index (κ3) is 6.68. The topological polar surface area (TPSA) is 81.1 Å². The Bertz CT molecular complexity index is 1420. The average molecular weight is 576 g/mol. The van der Waals surface area contributed by atoms with E-state index in [2.05, 4.69) is 15.3 Å². The van der Waals surface area contributed by atoms with Gasteiger partial charge < -0.3 is 10.2 Å². The lowest BCUT2D eigenvalue weighted by Crippen LogP contribution is -2.38. The summed E-state index contributed by atoms with van der Waals surface area (Å²) in [4.78, 5) is 24.5. The van der Waals surface area contributed by atoms with Crippen LogP contribution in [-0.4, -0.2) is 38.4 Å². The van der Waals surface area contributed by atoms with Crippen LogP contribution in [0, 0.1) is 11.7 Å². The monoisotopic (exact) mass is 575 g/mol. The third-order valence-electron chi connectivity index (χ3n) is 6.40. The number of aromatic nitrogens is 1. The van der Waals surface area contributed by atoms with Crippen LogP contribution in [0.15, 0.2) is 64.9 Å². The van der Waals surface area contributed by atoms with Gasteiger partial charge >= 0.3 is 6.18 Å². The fourth-order valence-electron chi connectivity index (χ4n) is 4.43. The van der Waals surface area contributed by atoms with E-state index < -0.39 is 17.6 Å². The molecule has 2 heterocycles. The number of alkyl halides is 3. The number of hydrogen-bond acceptors (Lipinski definition) is 6. The molecule has 0 fully saturated rings. The molecule has 40 heavy (non-hydrogen) atoms. The first-order valence-electron chi connectivity index (χ1n) is 12.6. The third-order valence-corrected chi connectivity index (χ3v) is 7.17. The number of rotatable bonds is 7. The summed E-state index contributed by atoms with van der Waals surface area (Å²) < 4.78 is 52.8. The van der Waals surface area contributed by atoms with Crippen LogP contribution in [0.2, 0.25) is 0 Å². The normalized spacial score (nSPS) is 14.4. The highest BCUT2D eigenvalue weighted by atomic mass is 32.1. The number of anilines is 2. The number of fused-ring (bicyclic) bond motifs is 1. The predicted molar refractivity (Wildman–Crippen MR) is 146 cm³/mol. The standard InChI is InChI=1S/C28H29F4N5O2S/c1-4-24(35-26(17(2)3)37(39)15-20-13-33-16-40-20)27(38)36-11-10-21-18(14-36)6-5-7-25(21)34-19-8-9-22(23(29)12-19)28(30,31)32/h4-9,12-13,16-17,34,39H,10-11,14-15H2,1-3H3/b24-4-,35-26?. The molecular weight excluding hydrogens is 546 g/mol. The lowest BCUT2D eigenvalue weighted by molar-refractivity contribution is -0.140. The van der Waals surface area contributed by atoms with Gasteiger partial charge in [0.15, 0.2) is 0 Å². The molecule has 0 aliphatic carbocycles. The van der Waals surface area contributed by atoms with Crippen LogP contribution in [0.4, 0.5) is 28.9 Å². The molecule has 1 amide bonds. The summed E-state index contributed by atoms with van der Waals surface area (Å²) in [6.45, 7) is 6.32. The largest absolute Gasteiger partial charge is 0.419 e. The molecule has 1 aliphatic heterocycles. The Morgan fingerprint density at radius 2 is 2.08 bits per heavy atom. The SMILES string of the molecule is C/C=C(\N=C(C(C)C)N(O)Cc1cncs1)C(=O)N1CCc2c(cccc2Nc2ccc(C(F)(F)F)c(F)c2)C1. The number of allylic oxidation sites excluding steroid dienone is 1. The van der Waals surface area contributed by atoms with E-state index in [0.717, 1.165) is 27.1 Å². The van der Waals surface area contributed by atoms with E-state index in [1.54, 1.807) is 41.7 Å². The second-order valence-electron chi connectivity index (χ2n) is 9.56.